The SMILES string of the molecule is COC(=O)c1c(C)c2c3c(Cl)ccc2n1CCCOc1cc(cc2cc(F)ccc12)SCc1cc(nn1C)CNCc1nn2c(c1-3)COCC2. The van der Waals surface area contributed by atoms with Gasteiger partial charge in [0.1, 0.15) is 17.3 Å². The number of ether oxygens (including phenoxy) is 3. The molecule has 3 aromatic carbocycles. The Balaban J connectivity index is 1.27. The Morgan fingerprint density at radius 1 is 1.06 bits per heavy atom. The van der Waals surface area contributed by atoms with Crippen LogP contribution >= 0.6 is 23.4 Å². The quantitative estimate of drug-likeness (QED) is 0.179. The molecule has 258 valence electrons. The van der Waals surface area contributed by atoms with Gasteiger partial charge in [0.05, 0.1) is 50.6 Å². The summed E-state index contributed by atoms with van der Waals surface area (Å²) in [5, 5.41) is 16.4. The lowest BCUT2D eigenvalue weighted by molar-refractivity contribution is 0.0587. The van der Waals surface area contributed by atoms with Crippen LogP contribution in [-0.4, -0.2) is 50.4 Å². The molecule has 10 nitrogen and oxygen atoms in total. The zero-order chi connectivity index (χ0) is 34.5. The number of nitrogens with one attached hydrogen (secondary N) is 1. The summed E-state index contributed by atoms with van der Waals surface area (Å²) in [5.41, 5.74) is 7.62. The normalized spacial score (nSPS) is 15.4. The van der Waals surface area contributed by atoms with Crippen LogP contribution in [0, 0.1) is 12.7 Å². The molecule has 0 amide bonds. The lowest BCUT2D eigenvalue weighted by atomic mass is 9.96. The molecule has 0 atom stereocenters. The van der Waals surface area contributed by atoms with Crippen LogP contribution in [0.25, 0.3) is 32.8 Å². The highest BCUT2D eigenvalue weighted by molar-refractivity contribution is 7.98. The standard InChI is InChI=1S/C37H36ClFN6O4S/c1-21-33-30-8-7-28(38)34(33)35-29(42-45-10-12-48-19-31(35)45)18-40-17-24-15-25(43(2)41-24)20-50-26-14-22-13-23(39)5-6-27(22)32(16-26)49-11-4-9-44(30)36(21)37(46)47-3/h5-8,13-16,40H,4,9-12,17-20H2,1-3H3. The van der Waals surface area contributed by atoms with Crippen LogP contribution in [0.4, 0.5) is 4.39 Å². The third-order valence-corrected chi connectivity index (χ3v) is 10.8. The summed E-state index contributed by atoms with van der Waals surface area (Å²) in [6, 6.07) is 14.7. The zero-order valence-corrected chi connectivity index (χ0v) is 29.6. The van der Waals surface area contributed by atoms with E-state index in [1.807, 2.05) is 52.2 Å². The van der Waals surface area contributed by atoms with Gasteiger partial charge < -0.3 is 24.1 Å². The summed E-state index contributed by atoms with van der Waals surface area (Å²) < 4.78 is 37.9. The molecule has 0 unspecified atom stereocenters. The van der Waals surface area contributed by atoms with Gasteiger partial charge in [0, 0.05) is 75.5 Å². The summed E-state index contributed by atoms with van der Waals surface area (Å²) >= 11 is 8.75. The maximum atomic E-state index is 14.3. The molecule has 0 fully saturated rings. The Labute approximate surface area is 297 Å². The predicted molar refractivity (Wildman–Crippen MR) is 191 cm³/mol. The molecular weight excluding hydrogens is 679 g/mol. The highest BCUT2D eigenvalue weighted by atomic mass is 35.5. The van der Waals surface area contributed by atoms with Crippen LogP contribution in [0.5, 0.6) is 5.75 Å². The number of hydrogen-bond donors (Lipinski definition) is 1. The number of methoxy groups -OCH3 is 1. The predicted octanol–water partition coefficient (Wildman–Crippen LogP) is 7.17. The first-order valence-electron chi connectivity index (χ1n) is 16.6. The van der Waals surface area contributed by atoms with E-state index in [0.717, 1.165) is 66.0 Å². The topological polar surface area (TPSA) is 97.4 Å². The van der Waals surface area contributed by atoms with Crippen LogP contribution < -0.4 is 10.1 Å². The van der Waals surface area contributed by atoms with Gasteiger partial charge in [-0.3, -0.25) is 9.36 Å². The van der Waals surface area contributed by atoms with Gasteiger partial charge in [0.15, 0.2) is 0 Å². The van der Waals surface area contributed by atoms with Crippen LogP contribution in [0.2, 0.25) is 5.02 Å². The average Bonchev–Trinajstić information content (AvgIpc) is 3.75. The van der Waals surface area contributed by atoms with Gasteiger partial charge in [-0.15, -0.1) is 11.8 Å². The van der Waals surface area contributed by atoms with Crippen LogP contribution in [-0.2, 0) is 55.1 Å². The summed E-state index contributed by atoms with van der Waals surface area (Å²) in [6.45, 7) is 5.42. The number of hydrogen-bond acceptors (Lipinski definition) is 8. The number of benzene rings is 3. The molecule has 0 saturated carbocycles. The average molecular weight is 715 g/mol. The molecule has 50 heavy (non-hydrogen) atoms. The van der Waals surface area contributed by atoms with Crippen molar-refractivity contribution in [1.82, 2.24) is 29.4 Å². The fourth-order valence-electron chi connectivity index (χ4n) is 7.21. The summed E-state index contributed by atoms with van der Waals surface area (Å²) in [7, 11) is 3.35. The third kappa shape index (κ3) is 5.83. The minimum Gasteiger partial charge on any atom is -0.493 e. The molecule has 5 heterocycles. The van der Waals surface area contributed by atoms with E-state index in [-0.39, 0.29) is 5.82 Å². The molecule has 2 aliphatic rings. The second-order valence-electron chi connectivity index (χ2n) is 12.6. The third-order valence-electron chi connectivity index (χ3n) is 9.51. The van der Waals surface area contributed by atoms with Crippen molar-refractivity contribution < 1.29 is 23.4 Å². The van der Waals surface area contributed by atoms with Crippen LogP contribution in [0.1, 0.15) is 45.2 Å². The van der Waals surface area contributed by atoms with E-state index in [9.17, 15) is 9.18 Å². The zero-order valence-electron chi connectivity index (χ0n) is 28.0. The van der Waals surface area contributed by atoms with E-state index in [0.29, 0.717) is 74.6 Å². The smallest absolute Gasteiger partial charge is 0.354 e. The van der Waals surface area contributed by atoms with Gasteiger partial charge in [0.25, 0.3) is 0 Å². The minimum atomic E-state index is -0.425. The second-order valence-corrected chi connectivity index (χ2v) is 14.1. The van der Waals surface area contributed by atoms with Crippen molar-refractivity contribution in [1.29, 1.82) is 0 Å². The van der Waals surface area contributed by atoms with Gasteiger partial charge in [-0.2, -0.15) is 10.2 Å². The number of carbonyl (C=O) groups excluding carboxylic acids is 1. The number of aromatic nitrogens is 5. The molecule has 0 aliphatic carbocycles. The fraction of sp³-hybridized carbons (Fsp3) is 0.324. The minimum absolute atomic E-state index is 0.299. The maximum absolute atomic E-state index is 14.3. The molecular formula is C37H36ClFN6O4S. The molecule has 6 aromatic rings. The highest BCUT2D eigenvalue weighted by Gasteiger charge is 2.29. The Bertz CT molecular complexity index is 2300. The molecule has 2 aliphatic heterocycles. The van der Waals surface area contributed by atoms with E-state index in [1.165, 1.54) is 19.2 Å². The van der Waals surface area contributed by atoms with Gasteiger partial charge in [-0.1, -0.05) is 11.6 Å². The Morgan fingerprint density at radius 2 is 1.94 bits per heavy atom. The van der Waals surface area contributed by atoms with Crippen molar-refractivity contribution in [2.24, 2.45) is 7.05 Å². The fourth-order valence-corrected chi connectivity index (χ4v) is 8.45. The highest BCUT2D eigenvalue weighted by Crippen LogP contribution is 2.43. The van der Waals surface area contributed by atoms with E-state index < -0.39 is 5.97 Å². The number of carbonyl (C=O) groups is 1. The van der Waals surface area contributed by atoms with E-state index in [4.69, 9.17) is 36.0 Å². The number of nitrogens with zero attached hydrogens (tertiary/aromatic N) is 5. The lowest BCUT2D eigenvalue weighted by Crippen LogP contribution is -2.17. The first kappa shape index (κ1) is 32.8. The number of halogens is 2. The molecule has 1 N–H and O–H groups in total. The van der Waals surface area contributed by atoms with Gasteiger partial charge in [0.2, 0.25) is 0 Å². The Morgan fingerprint density at radius 3 is 2.80 bits per heavy atom. The van der Waals surface area contributed by atoms with Crippen molar-refractivity contribution in [2.45, 2.75) is 56.8 Å². The first-order chi connectivity index (χ1) is 24.3. The van der Waals surface area contributed by atoms with E-state index in [2.05, 4.69) is 11.4 Å². The Kier molecular flexibility index (Phi) is 8.80. The second kappa shape index (κ2) is 13.4. The van der Waals surface area contributed by atoms with Crippen molar-refractivity contribution in [3.05, 3.63) is 93.4 Å². The molecule has 0 spiro atoms. The summed E-state index contributed by atoms with van der Waals surface area (Å²) in [6.07, 6.45) is 0.592. The maximum Gasteiger partial charge on any atom is 0.354 e. The molecule has 13 heteroatoms. The summed E-state index contributed by atoms with van der Waals surface area (Å²) in [4.78, 5) is 14.4. The molecule has 8 rings (SSSR count). The number of esters is 1. The van der Waals surface area contributed by atoms with Crippen LogP contribution in [0.15, 0.2) is 53.4 Å². The molecule has 0 radical (unpaired) electrons. The van der Waals surface area contributed by atoms with Crippen LogP contribution in [0.3, 0.4) is 0 Å². The Hall–Kier alpha value is -4.36. The molecule has 3 aromatic heterocycles. The van der Waals surface area contributed by atoms with E-state index >= 15 is 0 Å². The van der Waals surface area contributed by atoms with Crippen molar-refractivity contribution >= 4 is 51.0 Å². The molecule has 0 saturated heterocycles. The molecule has 8 bridgehead atoms. The van der Waals surface area contributed by atoms with Gasteiger partial charge in [-0.05, 0) is 72.8 Å². The monoisotopic (exact) mass is 714 g/mol. The van der Waals surface area contributed by atoms with Gasteiger partial charge in [-0.25, -0.2) is 9.18 Å². The van der Waals surface area contributed by atoms with E-state index in [1.54, 1.807) is 17.8 Å². The number of thioether (sulfide) groups is 1. The van der Waals surface area contributed by atoms with Crippen molar-refractivity contribution in [3.63, 3.8) is 0 Å². The first-order valence-corrected chi connectivity index (χ1v) is 17.9. The lowest BCUT2D eigenvalue weighted by Gasteiger charge is -2.17. The number of fused-ring (bicyclic) bond motifs is 10. The number of rotatable bonds is 1. The van der Waals surface area contributed by atoms with Crippen molar-refractivity contribution in [2.75, 3.05) is 20.3 Å². The summed E-state index contributed by atoms with van der Waals surface area (Å²) in [5.74, 6) is 0.634. The number of aryl methyl sites for hydroxylation is 3. The largest absolute Gasteiger partial charge is 0.493 e. The van der Waals surface area contributed by atoms with Gasteiger partial charge >= 0.3 is 5.97 Å². The van der Waals surface area contributed by atoms with Crippen molar-refractivity contribution in [3.8, 4) is 16.9 Å².